The minimum atomic E-state index is -0.622. The fraction of sp³-hybridized carbons (Fsp3) is 0.333. The van der Waals surface area contributed by atoms with E-state index in [1.54, 1.807) is 18.2 Å². The molecule has 90 valence electrons. The van der Waals surface area contributed by atoms with Gasteiger partial charge >= 0.3 is 6.03 Å². The Kier molecular flexibility index (Phi) is 3.08. The van der Waals surface area contributed by atoms with Crippen molar-refractivity contribution in [1.82, 2.24) is 10.2 Å². The first kappa shape index (κ1) is 11.6. The van der Waals surface area contributed by atoms with Gasteiger partial charge in [0.05, 0.1) is 0 Å². The van der Waals surface area contributed by atoms with Crippen LogP contribution >= 0.6 is 0 Å². The van der Waals surface area contributed by atoms with E-state index in [1.807, 2.05) is 6.92 Å². The van der Waals surface area contributed by atoms with Gasteiger partial charge in [0.1, 0.15) is 17.7 Å². The molecule has 1 aromatic carbocycles. The van der Waals surface area contributed by atoms with E-state index in [0.717, 1.165) is 6.42 Å². The zero-order valence-electron chi connectivity index (χ0n) is 9.53. The zero-order valence-corrected chi connectivity index (χ0v) is 9.53. The molecular formula is C12H14FN3O. The van der Waals surface area contributed by atoms with Gasteiger partial charge in [-0.3, -0.25) is 10.7 Å². The summed E-state index contributed by atoms with van der Waals surface area (Å²) in [4.78, 5) is 13.1. The van der Waals surface area contributed by atoms with E-state index in [0.29, 0.717) is 12.1 Å². The summed E-state index contributed by atoms with van der Waals surface area (Å²) in [7, 11) is 0. The molecule has 1 saturated heterocycles. The third-order valence-electron chi connectivity index (χ3n) is 2.75. The topological polar surface area (TPSA) is 56.2 Å². The van der Waals surface area contributed by atoms with Gasteiger partial charge in [-0.05, 0) is 12.5 Å². The van der Waals surface area contributed by atoms with Crippen LogP contribution < -0.4 is 5.32 Å². The predicted molar refractivity (Wildman–Crippen MR) is 62.4 cm³/mol. The Bertz CT molecular complexity index is 461. The van der Waals surface area contributed by atoms with E-state index in [-0.39, 0.29) is 17.7 Å². The molecule has 1 unspecified atom stereocenters. The second-order valence-corrected chi connectivity index (χ2v) is 3.96. The van der Waals surface area contributed by atoms with E-state index >= 15 is 0 Å². The molecule has 17 heavy (non-hydrogen) atoms. The minimum absolute atomic E-state index is 0.0357. The first-order valence-corrected chi connectivity index (χ1v) is 5.55. The van der Waals surface area contributed by atoms with Crippen LogP contribution in [0.25, 0.3) is 0 Å². The number of carbonyl (C=O) groups is 1. The summed E-state index contributed by atoms with van der Waals surface area (Å²) in [5.74, 6) is -0.353. The second kappa shape index (κ2) is 4.53. The van der Waals surface area contributed by atoms with E-state index in [2.05, 4.69) is 5.32 Å². The summed E-state index contributed by atoms with van der Waals surface area (Å²) in [6.07, 6.45) is 0.769. The number of carbonyl (C=O) groups excluding carboxylic acids is 1. The molecule has 1 fully saturated rings. The van der Waals surface area contributed by atoms with Crippen LogP contribution in [0.4, 0.5) is 9.18 Å². The first-order valence-electron chi connectivity index (χ1n) is 5.55. The molecule has 1 aliphatic heterocycles. The van der Waals surface area contributed by atoms with Gasteiger partial charge in [0, 0.05) is 12.1 Å². The van der Waals surface area contributed by atoms with Crippen LogP contribution in [-0.4, -0.2) is 23.3 Å². The van der Waals surface area contributed by atoms with E-state index in [4.69, 9.17) is 5.41 Å². The van der Waals surface area contributed by atoms with Crippen LogP contribution in [0.15, 0.2) is 24.3 Å². The van der Waals surface area contributed by atoms with Crippen LogP contribution in [0, 0.1) is 11.2 Å². The van der Waals surface area contributed by atoms with Gasteiger partial charge < -0.3 is 4.90 Å². The lowest BCUT2D eigenvalue weighted by molar-refractivity contribution is 0.205. The van der Waals surface area contributed by atoms with Crippen molar-refractivity contribution < 1.29 is 9.18 Å². The van der Waals surface area contributed by atoms with Crippen molar-refractivity contribution in [2.24, 2.45) is 0 Å². The second-order valence-electron chi connectivity index (χ2n) is 3.96. The summed E-state index contributed by atoms with van der Waals surface area (Å²) in [5, 5.41) is 10.2. The average Bonchev–Trinajstić information content (AvgIpc) is 2.56. The smallest absolute Gasteiger partial charge is 0.310 e. The number of amidine groups is 1. The number of benzene rings is 1. The van der Waals surface area contributed by atoms with Crippen LogP contribution in [0.2, 0.25) is 0 Å². The number of hydrogen-bond donors (Lipinski definition) is 2. The molecule has 1 atom stereocenters. The van der Waals surface area contributed by atoms with Crippen molar-refractivity contribution in [3.05, 3.63) is 35.6 Å². The molecule has 0 bridgehead atoms. The lowest BCUT2D eigenvalue weighted by Crippen LogP contribution is -2.30. The van der Waals surface area contributed by atoms with E-state index in [1.165, 1.54) is 11.0 Å². The standard InChI is InChI=1S/C12H14FN3O/c1-2-7-16-10(11(14)15-12(16)17)8-5-3-4-6-9(8)13/h3-6,10H,2,7H2,1H3,(H2,14,15,17). The number of urea groups is 1. The lowest BCUT2D eigenvalue weighted by atomic mass is 10.0. The lowest BCUT2D eigenvalue weighted by Gasteiger charge is -2.22. The normalized spacial score (nSPS) is 19.6. The first-order chi connectivity index (χ1) is 8.15. The van der Waals surface area contributed by atoms with Crippen molar-refractivity contribution in [2.45, 2.75) is 19.4 Å². The maximum absolute atomic E-state index is 13.7. The van der Waals surface area contributed by atoms with E-state index in [9.17, 15) is 9.18 Å². The average molecular weight is 235 g/mol. The molecule has 5 heteroatoms. The maximum atomic E-state index is 13.7. The van der Waals surface area contributed by atoms with Crippen LogP contribution in [0.3, 0.4) is 0 Å². The number of amides is 2. The fourth-order valence-electron chi connectivity index (χ4n) is 2.02. The summed E-state index contributed by atoms with van der Waals surface area (Å²) in [6, 6.07) is 5.30. The zero-order chi connectivity index (χ0) is 12.4. The maximum Gasteiger partial charge on any atom is 0.323 e. The number of nitrogens with one attached hydrogen (secondary N) is 2. The van der Waals surface area contributed by atoms with Gasteiger partial charge in [0.2, 0.25) is 0 Å². The molecule has 4 nitrogen and oxygen atoms in total. The highest BCUT2D eigenvalue weighted by atomic mass is 19.1. The summed E-state index contributed by atoms with van der Waals surface area (Å²) < 4.78 is 13.7. The number of halogens is 1. The monoisotopic (exact) mass is 235 g/mol. The number of rotatable bonds is 3. The molecule has 2 rings (SSSR count). The third kappa shape index (κ3) is 2.00. The fourth-order valence-corrected chi connectivity index (χ4v) is 2.02. The molecule has 0 aliphatic carbocycles. The van der Waals surface area contributed by atoms with Crippen LogP contribution in [0.5, 0.6) is 0 Å². The van der Waals surface area contributed by atoms with Crippen molar-refractivity contribution >= 4 is 11.9 Å². The molecular weight excluding hydrogens is 221 g/mol. The predicted octanol–water partition coefficient (Wildman–Crippen LogP) is 2.28. The van der Waals surface area contributed by atoms with Gasteiger partial charge in [-0.1, -0.05) is 25.1 Å². The third-order valence-corrected chi connectivity index (χ3v) is 2.75. The van der Waals surface area contributed by atoms with Crippen LogP contribution in [-0.2, 0) is 0 Å². The molecule has 0 saturated carbocycles. The van der Waals surface area contributed by atoms with Gasteiger partial charge in [-0.25, -0.2) is 9.18 Å². The van der Waals surface area contributed by atoms with Gasteiger partial charge in [-0.15, -0.1) is 0 Å². The Labute approximate surface area is 98.9 Å². The van der Waals surface area contributed by atoms with Crippen molar-refractivity contribution in [3.8, 4) is 0 Å². The Morgan fingerprint density at radius 2 is 2.18 bits per heavy atom. The molecule has 0 radical (unpaired) electrons. The highest BCUT2D eigenvalue weighted by molar-refractivity contribution is 6.06. The quantitative estimate of drug-likeness (QED) is 0.829. The van der Waals surface area contributed by atoms with Gasteiger partial charge in [0.15, 0.2) is 0 Å². The molecule has 1 heterocycles. The highest BCUT2D eigenvalue weighted by Gasteiger charge is 2.37. The molecule has 0 aromatic heterocycles. The van der Waals surface area contributed by atoms with Crippen molar-refractivity contribution in [1.29, 1.82) is 5.41 Å². The molecule has 2 N–H and O–H groups in total. The van der Waals surface area contributed by atoms with Crippen molar-refractivity contribution in [3.63, 3.8) is 0 Å². The van der Waals surface area contributed by atoms with Crippen molar-refractivity contribution in [2.75, 3.05) is 6.54 Å². The Morgan fingerprint density at radius 1 is 1.47 bits per heavy atom. The molecule has 1 aromatic rings. The SMILES string of the molecule is CCCN1C(=O)NC(=N)C1c1ccccc1F. The summed E-state index contributed by atoms with van der Waals surface area (Å²) in [5.41, 5.74) is 0.365. The Hall–Kier alpha value is -1.91. The Morgan fingerprint density at radius 3 is 2.82 bits per heavy atom. The molecule has 1 aliphatic rings. The largest absolute Gasteiger partial charge is 0.323 e. The molecule has 2 amide bonds. The minimum Gasteiger partial charge on any atom is -0.310 e. The molecule has 0 spiro atoms. The highest BCUT2D eigenvalue weighted by Crippen LogP contribution is 2.27. The number of hydrogen-bond acceptors (Lipinski definition) is 2. The summed E-state index contributed by atoms with van der Waals surface area (Å²) in [6.45, 7) is 2.45. The van der Waals surface area contributed by atoms with Gasteiger partial charge in [0.25, 0.3) is 0 Å². The van der Waals surface area contributed by atoms with Crippen LogP contribution in [0.1, 0.15) is 24.9 Å². The number of nitrogens with zero attached hydrogens (tertiary/aromatic N) is 1. The Balaban J connectivity index is 2.38. The summed E-state index contributed by atoms with van der Waals surface area (Å²) >= 11 is 0. The van der Waals surface area contributed by atoms with Gasteiger partial charge in [-0.2, -0.15) is 0 Å². The van der Waals surface area contributed by atoms with E-state index < -0.39 is 6.04 Å².